The van der Waals surface area contributed by atoms with E-state index in [0.717, 1.165) is 16.9 Å². The van der Waals surface area contributed by atoms with Crippen molar-refractivity contribution in [2.75, 3.05) is 23.9 Å². The van der Waals surface area contributed by atoms with E-state index in [-0.39, 0.29) is 25.8 Å². The fourth-order valence-corrected chi connectivity index (χ4v) is 7.89. The van der Waals surface area contributed by atoms with Gasteiger partial charge in [0, 0.05) is 58.0 Å². The van der Waals surface area contributed by atoms with E-state index in [4.69, 9.17) is 5.11 Å². The zero-order chi connectivity index (χ0) is 26.2. The van der Waals surface area contributed by atoms with Gasteiger partial charge in [0.05, 0.1) is 0 Å². The third-order valence-corrected chi connectivity index (χ3v) is 9.32. The Kier molecular flexibility index (Phi) is 7.58. The predicted octanol–water partition coefficient (Wildman–Crippen LogP) is 5.25. The summed E-state index contributed by atoms with van der Waals surface area (Å²) >= 11 is 0. The van der Waals surface area contributed by atoms with Crippen LogP contribution in [-0.4, -0.2) is 35.1 Å². The number of aromatic nitrogens is 2. The van der Waals surface area contributed by atoms with E-state index < -0.39 is 13.9 Å². The van der Waals surface area contributed by atoms with Crippen LogP contribution in [0.25, 0.3) is 11.3 Å². The van der Waals surface area contributed by atoms with Crippen molar-refractivity contribution >= 4 is 52.6 Å². The maximum Gasteiger partial charge on any atom is 0.354 e. The molecule has 0 spiro atoms. The number of anilines is 4. The molecule has 0 aliphatic carbocycles. The summed E-state index contributed by atoms with van der Waals surface area (Å²) in [5.41, 5.74) is 7.04. The SMILES string of the molecule is CN1c2[c-]c(-c3ccccn3)cc3c2P(c2ccccc21)c1ccccc1N3C.O=C(O)c1ccccn1.[Ir]. The number of pyridine rings is 2. The summed E-state index contributed by atoms with van der Waals surface area (Å²) in [5, 5.41) is 12.5. The number of hydrogen-bond acceptors (Lipinski definition) is 5. The predicted molar refractivity (Wildman–Crippen MR) is 155 cm³/mol. The van der Waals surface area contributed by atoms with Crippen LogP contribution in [0.4, 0.5) is 22.7 Å². The van der Waals surface area contributed by atoms with Gasteiger partial charge in [-0.1, -0.05) is 54.6 Å². The number of rotatable bonds is 2. The van der Waals surface area contributed by atoms with Crippen LogP contribution in [0.5, 0.6) is 0 Å². The molecule has 0 amide bonds. The van der Waals surface area contributed by atoms with Gasteiger partial charge in [-0.3, -0.25) is 0 Å². The molecule has 0 fully saturated rings. The minimum atomic E-state index is -0.990. The van der Waals surface area contributed by atoms with Gasteiger partial charge in [-0.2, -0.15) is 0 Å². The fraction of sp³-hybridized carbons (Fsp3) is 0.0645. The first-order valence-corrected chi connectivity index (χ1v) is 13.5. The van der Waals surface area contributed by atoms with E-state index in [2.05, 4.69) is 101 Å². The standard InChI is InChI=1S/C25H19N3P.C6H5NO2.Ir/c1-27-19-10-3-5-12-23(19)29-24-13-6-4-11-20(24)28(2)22-16-17(15-21(27)25(22)29)18-9-7-8-14-26-18;8-6(9)5-3-1-2-4-7-5;/h3-15H,1-2H3;1-4H,(H,8,9);/q-1;;. The van der Waals surface area contributed by atoms with Gasteiger partial charge in [0.2, 0.25) is 0 Å². The molecule has 39 heavy (non-hydrogen) atoms. The van der Waals surface area contributed by atoms with Crippen molar-refractivity contribution in [1.29, 1.82) is 0 Å². The van der Waals surface area contributed by atoms with E-state index in [9.17, 15) is 4.79 Å². The number of fused-ring (bicyclic) bond motifs is 4. The molecule has 1 radical (unpaired) electrons. The van der Waals surface area contributed by atoms with Crippen molar-refractivity contribution in [2.24, 2.45) is 0 Å². The Balaban J connectivity index is 0.000000265. The van der Waals surface area contributed by atoms with E-state index in [0.29, 0.717) is 0 Å². The molecule has 2 aliphatic rings. The average molecular weight is 708 g/mol. The minimum Gasteiger partial charge on any atom is -0.477 e. The minimum absolute atomic E-state index is 0. The van der Waals surface area contributed by atoms with Crippen LogP contribution in [0, 0.1) is 6.07 Å². The van der Waals surface area contributed by atoms with Gasteiger partial charge < -0.3 is 19.9 Å². The van der Waals surface area contributed by atoms with Gasteiger partial charge in [-0.15, -0.1) is 17.7 Å². The third-order valence-electron chi connectivity index (χ3n) is 6.71. The molecule has 0 saturated carbocycles. The Morgan fingerprint density at radius 2 is 1.36 bits per heavy atom. The van der Waals surface area contributed by atoms with Crippen LogP contribution in [0.15, 0.2) is 103 Å². The van der Waals surface area contributed by atoms with Crippen molar-refractivity contribution in [1.82, 2.24) is 9.97 Å². The average Bonchev–Trinajstić information content (AvgIpc) is 2.98. The van der Waals surface area contributed by atoms with Gasteiger partial charge >= 0.3 is 5.97 Å². The second-order valence-electron chi connectivity index (χ2n) is 8.93. The van der Waals surface area contributed by atoms with Crippen molar-refractivity contribution in [3.8, 4) is 11.3 Å². The van der Waals surface area contributed by atoms with E-state index in [1.54, 1.807) is 12.1 Å². The third kappa shape index (κ3) is 4.74. The molecule has 8 heteroatoms. The summed E-state index contributed by atoms with van der Waals surface area (Å²) < 4.78 is 0. The molecule has 6 nitrogen and oxygen atoms in total. The Morgan fingerprint density at radius 1 is 0.769 bits per heavy atom. The largest absolute Gasteiger partial charge is 0.477 e. The van der Waals surface area contributed by atoms with Crippen LogP contribution in [0.3, 0.4) is 0 Å². The molecule has 1 atom stereocenters. The van der Waals surface area contributed by atoms with Crippen LogP contribution in [0.1, 0.15) is 10.5 Å². The summed E-state index contributed by atoms with van der Waals surface area (Å²) in [6.45, 7) is 0. The first-order chi connectivity index (χ1) is 18.5. The Bertz CT molecular complexity index is 1580. The molecule has 1 unspecified atom stereocenters. The number of carboxylic acids is 1. The number of nitrogens with zero attached hydrogens (tertiary/aromatic N) is 4. The molecular formula is C31H24IrN4O2P-. The van der Waals surface area contributed by atoms with Crippen molar-refractivity contribution in [2.45, 2.75) is 0 Å². The zero-order valence-corrected chi connectivity index (χ0v) is 24.5. The molecule has 2 aromatic heterocycles. The summed E-state index contributed by atoms with van der Waals surface area (Å²) in [6.07, 6.45) is 3.29. The van der Waals surface area contributed by atoms with Gasteiger partial charge in [0.1, 0.15) is 5.69 Å². The monoisotopic (exact) mass is 708 g/mol. The topological polar surface area (TPSA) is 69.6 Å². The van der Waals surface area contributed by atoms with Crippen LogP contribution in [0.2, 0.25) is 0 Å². The molecular weight excluding hydrogens is 684 g/mol. The van der Waals surface area contributed by atoms with Crippen molar-refractivity contribution in [3.05, 3.63) is 115 Å². The van der Waals surface area contributed by atoms with Crippen LogP contribution >= 0.6 is 7.92 Å². The second kappa shape index (κ2) is 11.1. The van der Waals surface area contributed by atoms with Gasteiger partial charge in [-0.25, -0.2) is 9.78 Å². The molecule has 1 N–H and O–H groups in total. The molecule has 5 aromatic rings. The Hall–Kier alpha value is -3.89. The fourth-order valence-electron chi connectivity index (χ4n) is 4.91. The van der Waals surface area contributed by atoms with Gasteiger partial charge in [0.15, 0.2) is 0 Å². The quantitative estimate of drug-likeness (QED) is 0.200. The van der Waals surface area contributed by atoms with E-state index >= 15 is 0 Å². The number of carbonyl (C=O) groups is 1. The summed E-state index contributed by atoms with van der Waals surface area (Å²) in [7, 11) is 3.70. The maximum atomic E-state index is 10.1. The summed E-state index contributed by atoms with van der Waals surface area (Å²) in [6, 6.07) is 34.4. The smallest absolute Gasteiger partial charge is 0.354 e. The first-order valence-electron chi connectivity index (χ1n) is 12.2. The molecule has 3 aromatic carbocycles. The Labute approximate surface area is 242 Å². The first kappa shape index (κ1) is 26.7. The number of aromatic carboxylic acids is 1. The normalized spacial score (nSPS) is 14.1. The number of hydrogen-bond donors (Lipinski definition) is 1. The summed E-state index contributed by atoms with van der Waals surface area (Å²) in [4.78, 5) is 22.9. The van der Waals surface area contributed by atoms with Crippen molar-refractivity contribution < 1.29 is 30.0 Å². The van der Waals surface area contributed by atoms with Crippen molar-refractivity contribution in [3.63, 3.8) is 0 Å². The van der Waals surface area contributed by atoms with Gasteiger partial charge in [0.25, 0.3) is 0 Å². The number of carboxylic acid groups (broad SMARTS) is 1. The molecule has 195 valence electrons. The van der Waals surface area contributed by atoms with E-state index in [1.165, 1.54) is 45.2 Å². The maximum absolute atomic E-state index is 10.1. The second-order valence-corrected chi connectivity index (χ2v) is 11.0. The van der Waals surface area contributed by atoms with Crippen LogP contribution < -0.4 is 25.7 Å². The van der Waals surface area contributed by atoms with E-state index in [1.807, 2.05) is 18.3 Å². The number of benzene rings is 3. The Morgan fingerprint density at radius 3 is 1.92 bits per heavy atom. The molecule has 0 saturated heterocycles. The van der Waals surface area contributed by atoms with Gasteiger partial charge in [-0.05, 0) is 71.2 Å². The summed E-state index contributed by atoms with van der Waals surface area (Å²) in [5.74, 6) is -0.990. The molecule has 2 aliphatic heterocycles. The molecule has 4 heterocycles. The number of para-hydroxylation sites is 2. The zero-order valence-electron chi connectivity index (χ0n) is 21.2. The molecule has 7 rings (SSSR count). The van der Waals surface area contributed by atoms with Crippen LogP contribution in [-0.2, 0) is 20.1 Å². The molecule has 0 bridgehead atoms.